The van der Waals surface area contributed by atoms with Gasteiger partial charge in [-0.15, -0.1) is 0 Å². The number of amides is 1. The van der Waals surface area contributed by atoms with Crippen LogP contribution >= 0.6 is 0 Å². The van der Waals surface area contributed by atoms with E-state index in [-0.39, 0.29) is 5.91 Å². The topological polar surface area (TPSA) is 36.4 Å². The molecular formula is C14H19N3O. The largest absolute Gasteiger partial charge is 0.329 e. The van der Waals surface area contributed by atoms with E-state index < -0.39 is 0 Å². The van der Waals surface area contributed by atoms with Gasteiger partial charge in [-0.25, -0.2) is 0 Å². The highest BCUT2D eigenvalue weighted by Gasteiger charge is 2.47. The maximum atomic E-state index is 12.4. The SMILES string of the molecule is CC(C)N1CC2CC(C1)N2C(=O)c1ccccn1. The minimum absolute atomic E-state index is 0.0975. The number of nitrogens with zero attached hydrogens (tertiary/aromatic N) is 3. The predicted octanol–water partition coefficient (Wildman–Crippen LogP) is 1.39. The van der Waals surface area contributed by atoms with Crippen LogP contribution in [0.25, 0.3) is 0 Å². The number of piperidine rings is 1. The second kappa shape index (κ2) is 4.35. The molecule has 0 N–H and O–H groups in total. The first-order chi connectivity index (χ1) is 8.66. The van der Waals surface area contributed by atoms with Crippen LogP contribution < -0.4 is 0 Å². The lowest BCUT2D eigenvalue weighted by molar-refractivity contribution is -0.0566. The second-order valence-corrected chi connectivity index (χ2v) is 5.52. The van der Waals surface area contributed by atoms with Gasteiger partial charge in [0.15, 0.2) is 0 Å². The van der Waals surface area contributed by atoms with Crippen LogP contribution in [0.5, 0.6) is 0 Å². The lowest BCUT2D eigenvalue weighted by atomic mass is 9.86. The molecule has 1 amide bonds. The molecule has 0 radical (unpaired) electrons. The molecule has 2 bridgehead atoms. The molecule has 0 aliphatic carbocycles. The van der Waals surface area contributed by atoms with Crippen molar-refractivity contribution in [3.8, 4) is 0 Å². The molecule has 2 atom stereocenters. The first-order valence-electron chi connectivity index (χ1n) is 6.64. The van der Waals surface area contributed by atoms with E-state index in [0.29, 0.717) is 23.8 Å². The molecule has 0 saturated carbocycles. The fraction of sp³-hybridized carbons (Fsp3) is 0.571. The van der Waals surface area contributed by atoms with Gasteiger partial charge in [0.2, 0.25) is 0 Å². The summed E-state index contributed by atoms with van der Waals surface area (Å²) in [5.74, 6) is 0.0975. The maximum Gasteiger partial charge on any atom is 0.273 e. The fourth-order valence-corrected chi connectivity index (χ4v) is 3.02. The first-order valence-corrected chi connectivity index (χ1v) is 6.64. The molecule has 4 heteroatoms. The summed E-state index contributed by atoms with van der Waals surface area (Å²) in [5, 5.41) is 0. The first kappa shape index (κ1) is 11.7. The molecule has 3 saturated heterocycles. The van der Waals surface area contributed by atoms with Gasteiger partial charge in [0.25, 0.3) is 5.91 Å². The summed E-state index contributed by atoms with van der Waals surface area (Å²) in [4.78, 5) is 21.0. The van der Waals surface area contributed by atoms with Crippen molar-refractivity contribution in [2.24, 2.45) is 0 Å². The summed E-state index contributed by atoms with van der Waals surface area (Å²) in [6.45, 7) is 6.45. The van der Waals surface area contributed by atoms with E-state index in [0.717, 1.165) is 19.5 Å². The van der Waals surface area contributed by atoms with E-state index in [4.69, 9.17) is 0 Å². The molecule has 0 spiro atoms. The highest BCUT2D eigenvalue weighted by molar-refractivity contribution is 5.93. The number of pyridine rings is 1. The molecule has 4 nitrogen and oxygen atoms in total. The zero-order valence-electron chi connectivity index (χ0n) is 10.9. The van der Waals surface area contributed by atoms with Gasteiger partial charge in [-0.2, -0.15) is 0 Å². The zero-order valence-corrected chi connectivity index (χ0v) is 10.9. The van der Waals surface area contributed by atoms with Crippen LogP contribution in [0.1, 0.15) is 30.8 Å². The average Bonchev–Trinajstić information content (AvgIpc) is 2.39. The number of piperazine rings is 1. The van der Waals surface area contributed by atoms with Gasteiger partial charge in [-0.05, 0) is 32.4 Å². The summed E-state index contributed by atoms with van der Waals surface area (Å²) in [5.41, 5.74) is 0.574. The Kier molecular flexibility index (Phi) is 2.82. The predicted molar refractivity (Wildman–Crippen MR) is 69.3 cm³/mol. The lowest BCUT2D eigenvalue weighted by Gasteiger charge is -2.57. The third-order valence-electron chi connectivity index (χ3n) is 4.07. The van der Waals surface area contributed by atoms with Gasteiger partial charge in [0, 0.05) is 37.4 Å². The number of fused-ring (bicyclic) bond motifs is 2. The van der Waals surface area contributed by atoms with Gasteiger partial charge < -0.3 is 4.90 Å². The van der Waals surface area contributed by atoms with Crippen LogP contribution in [0.4, 0.5) is 0 Å². The van der Waals surface area contributed by atoms with Crippen molar-refractivity contribution in [3.05, 3.63) is 30.1 Å². The van der Waals surface area contributed by atoms with Crippen molar-refractivity contribution < 1.29 is 4.79 Å². The molecule has 3 aliphatic heterocycles. The third-order valence-corrected chi connectivity index (χ3v) is 4.07. The smallest absolute Gasteiger partial charge is 0.273 e. The molecule has 18 heavy (non-hydrogen) atoms. The summed E-state index contributed by atoms with van der Waals surface area (Å²) in [6, 6.07) is 6.87. The van der Waals surface area contributed by atoms with Crippen molar-refractivity contribution in [2.45, 2.75) is 38.4 Å². The van der Waals surface area contributed by atoms with Gasteiger partial charge in [-0.3, -0.25) is 14.7 Å². The van der Waals surface area contributed by atoms with Crippen molar-refractivity contribution >= 4 is 5.91 Å². The van der Waals surface area contributed by atoms with E-state index in [9.17, 15) is 4.79 Å². The summed E-state index contributed by atoms with van der Waals surface area (Å²) < 4.78 is 0. The molecule has 96 valence electrons. The molecule has 4 heterocycles. The van der Waals surface area contributed by atoms with Crippen LogP contribution in [-0.2, 0) is 0 Å². The van der Waals surface area contributed by atoms with Crippen LogP contribution in [-0.4, -0.2) is 51.9 Å². The Bertz CT molecular complexity index is 434. The van der Waals surface area contributed by atoms with Crippen molar-refractivity contribution in [1.82, 2.24) is 14.8 Å². The Morgan fingerprint density at radius 3 is 2.61 bits per heavy atom. The number of hydrogen-bond donors (Lipinski definition) is 0. The van der Waals surface area contributed by atoms with E-state index >= 15 is 0 Å². The van der Waals surface area contributed by atoms with Crippen LogP contribution in [0.15, 0.2) is 24.4 Å². The quantitative estimate of drug-likeness (QED) is 0.790. The van der Waals surface area contributed by atoms with E-state index in [2.05, 4.69) is 23.7 Å². The maximum absolute atomic E-state index is 12.4. The number of rotatable bonds is 2. The minimum Gasteiger partial charge on any atom is -0.329 e. The Morgan fingerprint density at radius 2 is 2.06 bits per heavy atom. The summed E-state index contributed by atoms with van der Waals surface area (Å²) >= 11 is 0. The fourth-order valence-electron chi connectivity index (χ4n) is 3.02. The number of carbonyl (C=O) groups is 1. The van der Waals surface area contributed by atoms with Crippen molar-refractivity contribution in [3.63, 3.8) is 0 Å². The summed E-state index contributed by atoms with van der Waals surface area (Å²) in [7, 11) is 0. The highest BCUT2D eigenvalue weighted by Crippen LogP contribution is 2.34. The molecule has 1 aromatic heterocycles. The summed E-state index contributed by atoms with van der Waals surface area (Å²) in [6.07, 6.45) is 2.84. The second-order valence-electron chi connectivity index (χ2n) is 5.52. The molecule has 0 aromatic carbocycles. The monoisotopic (exact) mass is 245 g/mol. The minimum atomic E-state index is 0.0975. The van der Waals surface area contributed by atoms with Crippen LogP contribution in [0, 0.1) is 0 Å². The Balaban J connectivity index is 1.72. The van der Waals surface area contributed by atoms with Crippen molar-refractivity contribution in [1.29, 1.82) is 0 Å². The van der Waals surface area contributed by atoms with Gasteiger partial charge in [0.05, 0.1) is 0 Å². The molecule has 3 aliphatic rings. The molecular weight excluding hydrogens is 226 g/mol. The molecule has 2 unspecified atom stereocenters. The number of carbonyl (C=O) groups excluding carboxylic acids is 1. The van der Waals surface area contributed by atoms with Crippen LogP contribution in [0.3, 0.4) is 0 Å². The third kappa shape index (κ3) is 1.81. The van der Waals surface area contributed by atoms with Crippen molar-refractivity contribution in [2.75, 3.05) is 13.1 Å². The lowest BCUT2D eigenvalue weighted by Crippen LogP contribution is -2.70. The van der Waals surface area contributed by atoms with E-state index in [1.165, 1.54) is 0 Å². The van der Waals surface area contributed by atoms with Gasteiger partial charge in [-0.1, -0.05) is 6.07 Å². The zero-order chi connectivity index (χ0) is 12.7. The molecule has 1 aromatic rings. The highest BCUT2D eigenvalue weighted by atomic mass is 16.2. The Labute approximate surface area is 108 Å². The normalized spacial score (nSPS) is 27.2. The number of hydrogen-bond acceptors (Lipinski definition) is 3. The standard InChI is InChI=1S/C14H19N3O/c1-10(2)16-8-11-7-12(9-16)17(11)14(18)13-5-3-4-6-15-13/h3-6,10-12H,7-9H2,1-2H3. The average molecular weight is 245 g/mol. The molecule has 4 rings (SSSR count). The number of aromatic nitrogens is 1. The van der Waals surface area contributed by atoms with Gasteiger partial charge in [0.1, 0.15) is 5.69 Å². The van der Waals surface area contributed by atoms with Gasteiger partial charge >= 0.3 is 0 Å². The Hall–Kier alpha value is -1.42. The Morgan fingerprint density at radius 1 is 1.33 bits per heavy atom. The van der Waals surface area contributed by atoms with E-state index in [1.54, 1.807) is 12.3 Å². The van der Waals surface area contributed by atoms with E-state index in [1.807, 2.05) is 17.0 Å². The van der Waals surface area contributed by atoms with Crippen LogP contribution in [0.2, 0.25) is 0 Å². The molecule has 3 fully saturated rings.